The lowest BCUT2D eigenvalue weighted by molar-refractivity contribution is 0.0594. The van der Waals surface area contributed by atoms with E-state index >= 15 is 0 Å². The monoisotopic (exact) mass is 250 g/mol. The molecule has 0 bridgehead atoms. The predicted octanol–water partition coefficient (Wildman–Crippen LogP) is 2.44. The molecule has 1 aromatic carbocycles. The first-order valence-corrected chi connectivity index (χ1v) is 5.44. The van der Waals surface area contributed by atoms with Crippen LogP contribution in [0.4, 0.5) is 0 Å². The molecule has 5 heteroatoms. The van der Waals surface area contributed by atoms with Gasteiger partial charge in [0, 0.05) is 11.4 Å². The first kappa shape index (κ1) is 11.7. The SMILES string of the molecule is COC(=O)c1cnc(Cc2ccccc2Cl)[nH]1. The summed E-state index contributed by atoms with van der Waals surface area (Å²) in [5, 5.41) is 0.684. The highest BCUT2D eigenvalue weighted by atomic mass is 35.5. The van der Waals surface area contributed by atoms with Crippen LogP contribution in [-0.2, 0) is 11.2 Å². The van der Waals surface area contributed by atoms with Gasteiger partial charge in [-0.05, 0) is 11.6 Å². The lowest BCUT2D eigenvalue weighted by atomic mass is 10.1. The minimum Gasteiger partial charge on any atom is -0.464 e. The molecule has 2 rings (SSSR count). The smallest absolute Gasteiger partial charge is 0.356 e. The molecular weight excluding hydrogens is 240 g/mol. The molecule has 0 fully saturated rings. The average Bonchev–Trinajstić information content (AvgIpc) is 2.80. The van der Waals surface area contributed by atoms with Crippen LogP contribution in [0, 0.1) is 0 Å². The third-order valence-corrected chi connectivity index (χ3v) is 2.72. The van der Waals surface area contributed by atoms with Crippen molar-refractivity contribution >= 4 is 17.6 Å². The number of benzene rings is 1. The molecule has 1 heterocycles. The van der Waals surface area contributed by atoms with Crippen LogP contribution >= 0.6 is 11.6 Å². The molecule has 0 unspecified atom stereocenters. The fourth-order valence-corrected chi connectivity index (χ4v) is 1.69. The largest absolute Gasteiger partial charge is 0.464 e. The summed E-state index contributed by atoms with van der Waals surface area (Å²) in [5.41, 5.74) is 1.30. The summed E-state index contributed by atoms with van der Waals surface area (Å²) in [4.78, 5) is 18.2. The number of carbonyl (C=O) groups is 1. The van der Waals surface area contributed by atoms with Gasteiger partial charge in [-0.3, -0.25) is 0 Å². The van der Waals surface area contributed by atoms with Crippen molar-refractivity contribution in [2.75, 3.05) is 7.11 Å². The van der Waals surface area contributed by atoms with Crippen molar-refractivity contribution in [2.45, 2.75) is 6.42 Å². The normalized spacial score (nSPS) is 10.2. The zero-order chi connectivity index (χ0) is 12.3. The number of H-pyrrole nitrogens is 1. The predicted molar refractivity (Wildman–Crippen MR) is 64.2 cm³/mol. The number of esters is 1. The Morgan fingerprint density at radius 3 is 2.94 bits per heavy atom. The van der Waals surface area contributed by atoms with Gasteiger partial charge >= 0.3 is 5.97 Å². The zero-order valence-electron chi connectivity index (χ0n) is 9.24. The molecule has 4 nitrogen and oxygen atoms in total. The van der Waals surface area contributed by atoms with E-state index in [1.54, 1.807) is 0 Å². The van der Waals surface area contributed by atoms with Crippen LogP contribution in [0.1, 0.15) is 21.9 Å². The van der Waals surface area contributed by atoms with Crippen LogP contribution < -0.4 is 0 Å². The van der Waals surface area contributed by atoms with Gasteiger partial charge in [0.1, 0.15) is 11.5 Å². The van der Waals surface area contributed by atoms with Crippen LogP contribution in [0.3, 0.4) is 0 Å². The third kappa shape index (κ3) is 2.65. The summed E-state index contributed by atoms with van der Waals surface area (Å²) < 4.78 is 4.59. The van der Waals surface area contributed by atoms with E-state index in [1.165, 1.54) is 13.3 Å². The number of nitrogens with one attached hydrogen (secondary N) is 1. The molecule has 1 N–H and O–H groups in total. The van der Waals surface area contributed by atoms with E-state index in [9.17, 15) is 4.79 Å². The molecule has 0 aliphatic rings. The topological polar surface area (TPSA) is 55.0 Å². The number of rotatable bonds is 3. The van der Waals surface area contributed by atoms with Crippen LogP contribution in [0.2, 0.25) is 5.02 Å². The third-order valence-electron chi connectivity index (χ3n) is 2.35. The molecule has 0 aliphatic heterocycles. The number of aromatic nitrogens is 2. The summed E-state index contributed by atoms with van der Waals surface area (Å²) in [6.07, 6.45) is 2.01. The Kier molecular flexibility index (Phi) is 3.44. The van der Waals surface area contributed by atoms with Crippen molar-refractivity contribution in [2.24, 2.45) is 0 Å². The second-order valence-electron chi connectivity index (χ2n) is 3.50. The molecule has 0 spiro atoms. The Labute approximate surface area is 104 Å². The quantitative estimate of drug-likeness (QED) is 0.852. The molecule has 0 aliphatic carbocycles. The van der Waals surface area contributed by atoms with E-state index < -0.39 is 5.97 Å². The van der Waals surface area contributed by atoms with Crippen molar-refractivity contribution in [3.05, 3.63) is 52.6 Å². The van der Waals surface area contributed by atoms with E-state index in [1.807, 2.05) is 24.3 Å². The molecular formula is C12H11ClN2O2. The van der Waals surface area contributed by atoms with E-state index in [0.717, 1.165) is 5.56 Å². The first-order valence-electron chi connectivity index (χ1n) is 5.06. The number of nitrogens with zero attached hydrogens (tertiary/aromatic N) is 1. The molecule has 88 valence electrons. The standard InChI is InChI=1S/C12H11ClN2O2/c1-17-12(16)10-7-14-11(15-10)6-8-4-2-3-5-9(8)13/h2-5,7H,6H2,1H3,(H,14,15). The summed E-state index contributed by atoms with van der Waals surface area (Å²) in [6.45, 7) is 0. The maximum atomic E-state index is 11.2. The number of methoxy groups -OCH3 is 1. The summed E-state index contributed by atoms with van der Waals surface area (Å²) >= 11 is 6.04. The van der Waals surface area contributed by atoms with Crippen LogP contribution in [-0.4, -0.2) is 23.0 Å². The minimum absolute atomic E-state index is 0.342. The lowest BCUT2D eigenvalue weighted by Gasteiger charge is -2.00. The van der Waals surface area contributed by atoms with Gasteiger partial charge in [0.05, 0.1) is 13.3 Å². The Bertz CT molecular complexity index is 537. The van der Waals surface area contributed by atoms with Crippen molar-refractivity contribution in [1.82, 2.24) is 9.97 Å². The number of hydrogen-bond donors (Lipinski definition) is 1. The highest BCUT2D eigenvalue weighted by molar-refractivity contribution is 6.31. The highest BCUT2D eigenvalue weighted by Gasteiger charge is 2.10. The number of imidazole rings is 1. The van der Waals surface area contributed by atoms with E-state index in [-0.39, 0.29) is 0 Å². The second-order valence-corrected chi connectivity index (χ2v) is 3.91. The molecule has 0 atom stereocenters. The molecule has 0 saturated carbocycles. The van der Waals surface area contributed by atoms with E-state index in [0.29, 0.717) is 23.0 Å². The summed E-state index contributed by atoms with van der Waals surface area (Å²) in [7, 11) is 1.33. The van der Waals surface area contributed by atoms with Crippen molar-refractivity contribution < 1.29 is 9.53 Å². The Morgan fingerprint density at radius 2 is 2.24 bits per heavy atom. The Balaban J connectivity index is 2.17. The van der Waals surface area contributed by atoms with Crippen LogP contribution in [0.15, 0.2) is 30.5 Å². The Morgan fingerprint density at radius 1 is 1.47 bits per heavy atom. The van der Waals surface area contributed by atoms with Crippen molar-refractivity contribution in [1.29, 1.82) is 0 Å². The molecule has 0 saturated heterocycles. The second kappa shape index (κ2) is 5.01. The van der Waals surface area contributed by atoms with Gasteiger partial charge < -0.3 is 9.72 Å². The fraction of sp³-hybridized carbons (Fsp3) is 0.167. The molecule has 0 radical (unpaired) electrons. The Hall–Kier alpha value is -1.81. The molecule has 0 amide bonds. The van der Waals surface area contributed by atoms with Gasteiger partial charge in [0.15, 0.2) is 0 Å². The van der Waals surface area contributed by atoms with Gasteiger partial charge in [0.25, 0.3) is 0 Å². The number of carbonyl (C=O) groups excluding carboxylic acids is 1. The molecule has 2 aromatic rings. The van der Waals surface area contributed by atoms with Gasteiger partial charge in [-0.15, -0.1) is 0 Å². The minimum atomic E-state index is -0.428. The van der Waals surface area contributed by atoms with Gasteiger partial charge in [0.2, 0.25) is 0 Å². The zero-order valence-corrected chi connectivity index (χ0v) is 9.99. The van der Waals surface area contributed by atoms with Gasteiger partial charge in [-0.25, -0.2) is 9.78 Å². The van der Waals surface area contributed by atoms with Crippen LogP contribution in [0.5, 0.6) is 0 Å². The van der Waals surface area contributed by atoms with Gasteiger partial charge in [-0.2, -0.15) is 0 Å². The fourth-order valence-electron chi connectivity index (χ4n) is 1.49. The maximum Gasteiger partial charge on any atom is 0.356 e. The summed E-state index contributed by atoms with van der Waals surface area (Å²) in [5.74, 6) is 0.251. The number of aromatic amines is 1. The summed E-state index contributed by atoms with van der Waals surface area (Å²) in [6, 6.07) is 7.52. The average molecular weight is 251 g/mol. The number of hydrogen-bond acceptors (Lipinski definition) is 3. The highest BCUT2D eigenvalue weighted by Crippen LogP contribution is 2.17. The van der Waals surface area contributed by atoms with Crippen molar-refractivity contribution in [3.63, 3.8) is 0 Å². The van der Waals surface area contributed by atoms with Gasteiger partial charge in [-0.1, -0.05) is 29.8 Å². The van der Waals surface area contributed by atoms with Crippen LogP contribution in [0.25, 0.3) is 0 Å². The molecule has 17 heavy (non-hydrogen) atoms. The van der Waals surface area contributed by atoms with E-state index in [4.69, 9.17) is 11.6 Å². The van der Waals surface area contributed by atoms with E-state index in [2.05, 4.69) is 14.7 Å². The lowest BCUT2D eigenvalue weighted by Crippen LogP contribution is -2.01. The van der Waals surface area contributed by atoms with Crippen molar-refractivity contribution in [3.8, 4) is 0 Å². The maximum absolute atomic E-state index is 11.2. The number of halogens is 1. The number of ether oxygens (including phenoxy) is 1. The molecule has 1 aromatic heterocycles. The first-order chi connectivity index (χ1) is 8.20.